The summed E-state index contributed by atoms with van der Waals surface area (Å²) in [4.78, 5) is 33.8. The molecule has 1 aromatic carbocycles. The largest absolute Gasteiger partial charge is 0.359 e. The van der Waals surface area contributed by atoms with Gasteiger partial charge in [0.2, 0.25) is 5.91 Å². The van der Waals surface area contributed by atoms with E-state index in [1.54, 1.807) is 0 Å². The SMILES string of the molecule is CNCCCN1CCN(CCCNC(=O)CC(C)c2c(C)[nH]c(C=C3C(=O)Nc4ccccc43)c2C)CC1. The lowest BCUT2D eigenvalue weighted by Crippen LogP contribution is -2.47. The predicted octanol–water partition coefficient (Wildman–Crippen LogP) is 3.35. The van der Waals surface area contributed by atoms with Crippen molar-refractivity contribution in [1.82, 2.24) is 25.4 Å². The number of fused-ring (bicyclic) bond motifs is 1. The molecule has 0 aliphatic carbocycles. The first kappa shape index (κ1) is 28.1. The van der Waals surface area contributed by atoms with E-state index in [1.165, 1.54) is 13.0 Å². The van der Waals surface area contributed by atoms with Gasteiger partial charge in [-0.2, -0.15) is 0 Å². The van der Waals surface area contributed by atoms with Gasteiger partial charge in [0.15, 0.2) is 0 Å². The van der Waals surface area contributed by atoms with Crippen LogP contribution in [0.15, 0.2) is 24.3 Å². The number of nitrogens with one attached hydrogen (secondary N) is 4. The molecule has 8 heteroatoms. The van der Waals surface area contributed by atoms with Crippen molar-refractivity contribution in [3.05, 3.63) is 52.3 Å². The molecule has 1 atom stereocenters. The number of carbonyl (C=O) groups excluding carboxylic acids is 2. The summed E-state index contributed by atoms with van der Waals surface area (Å²) in [6.45, 7) is 14.7. The van der Waals surface area contributed by atoms with Crippen molar-refractivity contribution in [1.29, 1.82) is 0 Å². The summed E-state index contributed by atoms with van der Waals surface area (Å²) in [5.41, 5.74) is 6.66. The van der Waals surface area contributed by atoms with E-state index in [2.05, 4.69) is 44.6 Å². The van der Waals surface area contributed by atoms with Crippen LogP contribution in [0.2, 0.25) is 0 Å². The van der Waals surface area contributed by atoms with Crippen LogP contribution in [0.1, 0.15) is 60.2 Å². The summed E-state index contributed by atoms with van der Waals surface area (Å²) in [7, 11) is 2.01. The number of rotatable bonds is 12. The van der Waals surface area contributed by atoms with Crippen molar-refractivity contribution >= 4 is 29.2 Å². The van der Waals surface area contributed by atoms with Gasteiger partial charge in [-0.1, -0.05) is 25.1 Å². The first-order valence-corrected chi connectivity index (χ1v) is 14.0. The Morgan fingerprint density at radius 1 is 1.05 bits per heavy atom. The van der Waals surface area contributed by atoms with E-state index in [1.807, 2.05) is 44.3 Å². The monoisotopic (exact) mass is 520 g/mol. The second kappa shape index (κ2) is 13.2. The third kappa shape index (κ3) is 6.92. The Morgan fingerprint density at radius 2 is 1.71 bits per heavy atom. The lowest BCUT2D eigenvalue weighted by atomic mass is 9.93. The lowest BCUT2D eigenvalue weighted by Gasteiger charge is -2.34. The Kier molecular flexibility index (Phi) is 9.77. The molecule has 2 aliphatic rings. The molecule has 4 N–H and O–H groups in total. The third-order valence-electron chi connectivity index (χ3n) is 7.86. The molecule has 1 fully saturated rings. The van der Waals surface area contributed by atoms with Crippen molar-refractivity contribution in [3.63, 3.8) is 0 Å². The molecule has 2 aliphatic heterocycles. The number of aromatic amines is 1. The summed E-state index contributed by atoms with van der Waals surface area (Å²) in [6.07, 6.45) is 4.56. The smallest absolute Gasteiger partial charge is 0.256 e. The van der Waals surface area contributed by atoms with Gasteiger partial charge in [-0.15, -0.1) is 0 Å². The fourth-order valence-electron chi connectivity index (χ4n) is 5.80. The fraction of sp³-hybridized carbons (Fsp3) is 0.533. The maximum Gasteiger partial charge on any atom is 0.256 e. The van der Waals surface area contributed by atoms with Gasteiger partial charge in [-0.25, -0.2) is 0 Å². The van der Waals surface area contributed by atoms with Gasteiger partial charge in [0.25, 0.3) is 5.91 Å². The fourth-order valence-corrected chi connectivity index (χ4v) is 5.80. The lowest BCUT2D eigenvalue weighted by molar-refractivity contribution is -0.121. The second-order valence-electron chi connectivity index (χ2n) is 10.7. The summed E-state index contributed by atoms with van der Waals surface area (Å²) in [5, 5.41) is 9.28. The molecule has 2 amide bonds. The van der Waals surface area contributed by atoms with Crippen LogP contribution in [0.3, 0.4) is 0 Å². The van der Waals surface area contributed by atoms with Gasteiger partial charge >= 0.3 is 0 Å². The van der Waals surface area contributed by atoms with Crippen molar-refractivity contribution in [3.8, 4) is 0 Å². The molecule has 0 bridgehead atoms. The van der Waals surface area contributed by atoms with Gasteiger partial charge < -0.3 is 30.7 Å². The molecule has 1 saturated heterocycles. The number of benzene rings is 1. The maximum absolute atomic E-state index is 12.7. The highest BCUT2D eigenvalue weighted by atomic mass is 16.2. The summed E-state index contributed by atoms with van der Waals surface area (Å²) < 4.78 is 0. The Bertz CT molecular complexity index is 1150. The number of piperazine rings is 1. The van der Waals surface area contributed by atoms with E-state index in [9.17, 15) is 9.59 Å². The average molecular weight is 521 g/mol. The normalized spacial score (nSPS) is 18.0. The van der Waals surface area contributed by atoms with E-state index < -0.39 is 0 Å². The number of aromatic nitrogens is 1. The summed E-state index contributed by atoms with van der Waals surface area (Å²) in [6, 6.07) is 7.75. The number of carbonyl (C=O) groups is 2. The minimum Gasteiger partial charge on any atom is -0.359 e. The molecule has 0 saturated carbocycles. The Hall–Kier alpha value is -2.94. The number of nitrogens with zero attached hydrogens (tertiary/aromatic N) is 2. The standard InChI is InChI=1S/C30H44N6O2/c1-21(19-28(37)32-12-8-14-36-17-15-35(16-18-36)13-7-11-31-4)29-22(2)27(33-23(29)3)20-25-24-9-5-6-10-26(24)34-30(25)38/h5-6,9-10,20-21,31,33H,7-8,11-19H2,1-4H3,(H,32,37)(H,34,38). The number of amides is 2. The van der Waals surface area contributed by atoms with Crippen LogP contribution >= 0.6 is 0 Å². The maximum atomic E-state index is 12.7. The second-order valence-corrected chi connectivity index (χ2v) is 10.7. The molecule has 3 heterocycles. The van der Waals surface area contributed by atoms with Gasteiger partial charge in [-0.05, 0) is 82.6 Å². The van der Waals surface area contributed by atoms with Crippen LogP contribution in [-0.2, 0) is 9.59 Å². The zero-order chi connectivity index (χ0) is 27.1. The van der Waals surface area contributed by atoms with E-state index in [4.69, 9.17) is 0 Å². The van der Waals surface area contributed by atoms with Crippen LogP contribution in [0.25, 0.3) is 11.6 Å². The van der Waals surface area contributed by atoms with Crippen LogP contribution in [0, 0.1) is 13.8 Å². The average Bonchev–Trinajstić information content (AvgIpc) is 3.37. The summed E-state index contributed by atoms with van der Waals surface area (Å²) in [5.74, 6) is 0.0909. The molecule has 206 valence electrons. The Labute approximate surface area is 227 Å². The van der Waals surface area contributed by atoms with Gasteiger partial charge in [-0.3, -0.25) is 9.59 Å². The quantitative estimate of drug-likeness (QED) is 0.255. The number of aryl methyl sites for hydroxylation is 1. The number of H-pyrrole nitrogens is 1. The Balaban J connectivity index is 1.23. The number of anilines is 1. The highest BCUT2D eigenvalue weighted by Crippen LogP contribution is 2.35. The van der Waals surface area contributed by atoms with Crippen molar-refractivity contribution in [2.45, 2.75) is 46.0 Å². The number of hydrogen-bond acceptors (Lipinski definition) is 5. The van der Waals surface area contributed by atoms with Crippen LogP contribution in [-0.4, -0.2) is 86.0 Å². The van der Waals surface area contributed by atoms with Crippen molar-refractivity contribution in [2.24, 2.45) is 0 Å². The molecular weight excluding hydrogens is 476 g/mol. The van der Waals surface area contributed by atoms with Crippen molar-refractivity contribution < 1.29 is 9.59 Å². The highest BCUT2D eigenvalue weighted by Gasteiger charge is 2.25. The Morgan fingerprint density at radius 3 is 2.39 bits per heavy atom. The zero-order valence-electron chi connectivity index (χ0n) is 23.5. The molecule has 4 rings (SSSR count). The van der Waals surface area contributed by atoms with E-state index >= 15 is 0 Å². The van der Waals surface area contributed by atoms with Gasteiger partial charge in [0, 0.05) is 61.8 Å². The molecule has 0 spiro atoms. The predicted molar refractivity (Wildman–Crippen MR) is 155 cm³/mol. The molecule has 38 heavy (non-hydrogen) atoms. The first-order chi connectivity index (χ1) is 18.4. The molecule has 2 aromatic rings. The number of para-hydroxylation sites is 1. The third-order valence-corrected chi connectivity index (χ3v) is 7.86. The molecule has 1 unspecified atom stereocenters. The van der Waals surface area contributed by atoms with Gasteiger partial charge in [0.05, 0.1) is 5.57 Å². The zero-order valence-corrected chi connectivity index (χ0v) is 23.5. The highest BCUT2D eigenvalue weighted by molar-refractivity contribution is 6.34. The van der Waals surface area contributed by atoms with Crippen molar-refractivity contribution in [2.75, 3.05) is 64.7 Å². The minimum atomic E-state index is -0.0850. The molecule has 8 nitrogen and oxygen atoms in total. The molecular formula is C30H44N6O2. The van der Waals surface area contributed by atoms with E-state index in [0.29, 0.717) is 18.5 Å². The molecule has 1 aromatic heterocycles. The van der Waals surface area contributed by atoms with Crippen LogP contribution in [0.4, 0.5) is 5.69 Å². The minimum absolute atomic E-state index is 0.0825. The summed E-state index contributed by atoms with van der Waals surface area (Å²) >= 11 is 0. The number of hydrogen-bond donors (Lipinski definition) is 4. The van der Waals surface area contributed by atoms with Gasteiger partial charge in [0.1, 0.15) is 0 Å². The van der Waals surface area contributed by atoms with E-state index in [-0.39, 0.29) is 17.7 Å². The van der Waals surface area contributed by atoms with E-state index in [0.717, 1.165) is 79.5 Å². The van der Waals surface area contributed by atoms with Crippen LogP contribution < -0.4 is 16.0 Å². The topological polar surface area (TPSA) is 92.5 Å². The molecule has 0 radical (unpaired) electrons. The first-order valence-electron chi connectivity index (χ1n) is 14.0. The van der Waals surface area contributed by atoms with Crippen LogP contribution in [0.5, 0.6) is 0 Å².